The molecule has 1 aliphatic heterocycles. The maximum atomic E-state index is 13.2. The van der Waals surface area contributed by atoms with Crippen LogP contribution in [-0.4, -0.2) is 29.7 Å². The Labute approximate surface area is 150 Å². The number of halogens is 1. The molecule has 2 aromatic carbocycles. The fourth-order valence-corrected chi connectivity index (χ4v) is 3.15. The van der Waals surface area contributed by atoms with Crippen LogP contribution in [0, 0.1) is 5.82 Å². The molecule has 1 amide bonds. The minimum atomic E-state index is -1.03. The Hall–Kier alpha value is -2.73. The first kappa shape index (κ1) is 18.1. The molecule has 0 aliphatic carbocycles. The summed E-state index contributed by atoms with van der Waals surface area (Å²) >= 11 is 0. The van der Waals surface area contributed by atoms with Crippen LogP contribution in [0.4, 0.5) is 4.39 Å². The van der Waals surface area contributed by atoms with Gasteiger partial charge in [0.2, 0.25) is 5.91 Å². The summed E-state index contributed by atoms with van der Waals surface area (Å²) in [5.74, 6) is -1.61. The highest BCUT2D eigenvalue weighted by Gasteiger charge is 2.28. The lowest BCUT2D eigenvalue weighted by molar-refractivity contribution is -0.122. The average Bonchev–Trinajstić information content (AvgIpc) is 3.15. The van der Waals surface area contributed by atoms with Crippen molar-refractivity contribution >= 4 is 11.9 Å². The van der Waals surface area contributed by atoms with E-state index in [-0.39, 0.29) is 35.9 Å². The van der Waals surface area contributed by atoms with Crippen LogP contribution in [0.5, 0.6) is 0 Å². The predicted molar refractivity (Wildman–Crippen MR) is 93.4 cm³/mol. The molecule has 1 fully saturated rings. The molecule has 3 rings (SSSR count). The van der Waals surface area contributed by atoms with Crippen LogP contribution < -0.4 is 5.32 Å². The first-order valence-corrected chi connectivity index (χ1v) is 8.51. The van der Waals surface area contributed by atoms with Gasteiger partial charge in [-0.3, -0.25) is 4.79 Å². The van der Waals surface area contributed by atoms with Gasteiger partial charge in [0, 0.05) is 6.61 Å². The van der Waals surface area contributed by atoms with Gasteiger partial charge in [0.05, 0.1) is 24.1 Å². The van der Waals surface area contributed by atoms with Gasteiger partial charge in [-0.1, -0.05) is 24.3 Å². The Bertz CT molecular complexity index is 785. The van der Waals surface area contributed by atoms with Gasteiger partial charge in [-0.05, 0) is 48.2 Å². The number of rotatable bonds is 6. The Morgan fingerprint density at radius 2 is 2.00 bits per heavy atom. The van der Waals surface area contributed by atoms with Gasteiger partial charge in [-0.2, -0.15) is 0 Å². The van der Waals surface area contributed by atoms with Crippen molar-refractivity contribution in [3.8, 4) is 0 Å². The molecule has 0 bridgehead atoms. The maximum Gasteiger partial charge on any atom is 0.335 e. The second kappa shape index (κ2) is 8.10. The van der Waals surface area contributed by atoms with Gasteiger partial charge in [0.25, 0.3) is 0 Å². The third-order valence-corrected chi connectivity index (χ3v) is 4.42. The maximum absolute atomic E-state index is 13.2. The summed E-state index contributed by atoms with van der Waals surface area (Å²) in [5.41, 5.74) is 1.54. The van der Waals surface area contributed by atoms with E-state index in [0.29, 0.717) is 12.2 Å². The van der Waals surface area contributed by atoms with Crippen molar-refractivity contribution in [1.82, 2.24) is 5.32 Å². The van der Waals surface area contributed by atoms with Gasteiger partial charge in [0.1, 0.15) is 5.82 Å². The van der Waals surface area contributed by atoms with E-state index >= 15 is 0 Å². The number of hydrogen-bond acceptors (Lipinski definition) is 3. The van der Waals surface area contributed by atoms with Crippen molar-refractivity contribution in [1.29, 1.82) is 0 Å². The number of ether oxygens (including phenoxy) is 1. The van der Waals surface area contributed by atoms with E-state index < -0.39 is 5.97 Å². The highest BCUT2D eigenvalue weighted by atomic mass is 19.1. The first-order chi connectivity index (χ1) is 12.5. The van der Waals surface area contributed by atoms with Gasteiger partial charge >= 0.3 is 5.97 Å². The number of amides is 1. The minimum absolute atomic E-state index is 0.0610. The standard InChI is InChI=1S/C20H20FNO4/c21-16-8-6-14(7-9-16)19(17-5-2-10-26-17)22-18(23)12-13-3-1-4-15(11-13)20(24)25/h1,3-4,6-9,11,17,19H,2,5,10,12H2,(H,22,23)(H,24,25). The molecule has 6 heteroatoms. The Morgan fingerprint density at radius 1 is 1.23 bits per heavy atom. The topological polar surface area (TPSA) is 75.6 Å². The zero-order valence-electron chi connectivity index (χ0n) is 14.2. The molecule has 0 saturated carbocycles. The molecule has 0 radical (unpaired) electrons. The quantitative estimate of drug-likeness (QED) is 0.833. The first-order valence-electron chi connectivity index (χ1n) is 8.51. The lowest BCUT2D eigenvalue weighted by Gasteiger charge is -2.25. The fourth-order valence-electron chi connectivity index (χ4n) is 3.15. The van der Waals surface area contributed by atoms with Crippen LogP contribution in [-0.2, 0) is 16.0 Å². The second-order valence-electron chi connectivity index (χ2n) is 6.33. The molecule has 2 atom stereocenters. The normalized spacial score (nSPS) is 17.7. The number of carboxylic acids is 1. The SMILES string of the molecule is O=C(Cc1cccc(C(=O)O)c1)NC(c1ccc(F)cc1)C1CCCO1. The van der Waals surface area contributed by atoms with Gasteiger partial charge < -0.3 is 15.2 Å². The van der Waals surface area contributed by atoms with Crippen molar-refractivity contribution in [2.75, 3.05) is 6.61 Å². The fraction of sp³-hybridized carbons (Fsp3) is 0.300. The summed E-state index contributed by atoms with van der Waals surface area (Å²) in [6.45, 7) is 0.638. The van der Waals surface area contributed by atoms with E-state index in [4.69, 9.17) is 9.84 Å². The van der Waals surface area contributed by atoms with Crippen molar-refractivity contribution in [2.45, 2.75) is 31.4 Å². The van der Waals surface area contributed by atoms with Crippen LogP contribution in [0.15, 0.2) is 48.5 Å². The second-order valence-corrected chi connectivity index (χ2v) is 6.33. The molecule has 0 spiro atoms. The summed E-state index contributed by atoms with van der Waals surface area (Å²) in [6.07, 6.45) is 1.64. The highest BCUT2D eigenvalue weighted by molar-refractivity contribution is 5.88. The third-order valence-electron chi connectivity index (χ3n) is 4.42. The zero-order valence-corrected chi connectivity index (χ0v) is 14.2. The molecular weight excluding hydrogens is 337 g/mol. The van der Waals surface area contributed by atoms with Gasteiger partial charge in [-0.25, -0.2) is 9.18 Å². The smallest absolute Gasteiger partial charge is 0.335 e. The van der Waals surface area contributed by atoms with E-state index in [1.165, 1.54) is 24.3 Å². The van der Waals surface area contributed by atoms with Crippen LogP contribution in [0.3, 0.4) is 0 Å². The lowest BCUT2D eigenvalue weighted by Crippen LogP contribution is -2.37. The summed E-state index contributed by atoms with van der Waals surface area (Å²) in [4.78, 5) is 23.6. The van der Waals surface area contributed by atoms with E-state index in [2.05, 4.69) is 5.32 Å². The van der Waals surface area contributed by atoms with Crippen LogP contribution in [0.25, 0.3) is 0 Å². The number of carbonyl (C=O) groups is 2. The molecule has 1 heterocycles. The summed E-state index contributed by atoms with van der Waals surface area (Å²) in [5, 5.41) is 12.0. The largest absolute Gasteiger partial charge is 0.478 e. The summed E-state index contributed by atoms with van der Waals surface area (Å²) in [6, 6.07) is 11.9. The Balaban J connectivity index is 1.73. The number of carbonyl (C=O) groups excluding carboxylic acids is 1. The van der Waals surface area contributed by atoms with Crippen LogP contribution >= 0.6 is 0 Å². The van der Waals surface area contributed by atoms with Crippen LogP contribution in [0.2, 0.25) is 0 Å². The lowest BCUT2D eigenvalue weighted by atomic mass is 9.98. The third kappa shape index (κ3) is 4.46. The van der Waals surface area contributed by atoms with Crippen molar-refractivity contribution in [3.63, 3.8) is 0 Å². The highest BCUT2D eigenvalue weighted by Crippen LogP contribution is 2.27. The molecule has 0 aromatic heterocycles. The Morgan fingerprint density at radius 3 is 2.65 bits per heavy atom. The summed E-state index contributed by atoms with van der Waals surface area (Å²) < 4.78 is 18.9. The van der Waals surface area contributed by atoms with E-state index in [9.17, 15) is 14.0 Å². The van der Waals surface area contributed by atoms with E-state index in [1.54, 1.807) is 24.3 Å². The van der Waals surface area contributed by atoms with Crippen molar-refractivity contribution in [2.24, 2.45) is 0 Å². The number of hydrogen-bond donors (Lipinski definition) is 2. The monoisotopic (exact) mass is 357 g/mol. The van der Waals surface area contributed by atoms with Crippen molar-refractivity contribution in [3.05, 3.63) is 71.0 Å². The number of aromatic carboxylic acids is 1. The molecule has 2 unspecified atom stereocenters. The molecule has 1 saturated heterocycles. The molecule has 1 aliphatic rings. The number of benzene rings is 2. The molecular formula is C20H20FNO4. The van der Waals surface area contributed by atoms with E-state index in [0.717, 1.165) is 18.4 Å². The molecule has 5 nitrogen and oxygen atoms in total. The Kier molecular flexibility index (Phi) is 5.63. The minimum Gasteiger partial charge on any atom is -0.478 e. The number of nitrogens with one attached hydrogen (secondary N) is 1. The average molecular weight is 357 g/mol. The van der Waals surface area contributed by atoms with Gasteiger partial charge in [-0.15, -0.1) is 0 Å². The van der Waals surface area contributed by atoms with Crippen molar-refractivity contribution < 1.29 is 23.8 Å². The molecule has 26 heavy (non-hydrogen) atoms. The molecule has 2 aromatic rings. The van der Waals surface area contributed by atoms with E-state index in [1.807, 2.05) is 0 Å². The van der Waals surface area contributed by atoms with Crippen LogP contribution in [0.1, 0.15) is 40.4 Å². The molecule has 2 N–H and O–H groups in total. The van der Waals surface area contributed by atoms with Gasteiger partial charge in [0.15, 0.2) is 0 Å². The predicted octanol–water partition coefficient (Wildman–Crippen LogP) is 3.10. The summed E-state index contributed by atoms with van der Waals surface area (Å²) in [7, 11) is 0. The number of carboxylic acid groups (broad SMARTS) is 1. The zero-order chi connectivity index (χ0) is 18.5. The molecule has 136 valence electrons.